The van der Waals surface area contributed by atoms with E-state index in [2.05, 4.69) is 0 Å². The zero-order valence-corrected chi connectivity index (χ0v) is 8.88. The van der Waals surface area contributed by atoms with Gasteiger partial charge in [0, 0.05) is 0 Å². The SMILES string of the molecule is C[C@@H](CCc1ccc(C#N)cc1)C(F)(F)F. The molecule has 0 saturated heterocycles. The number of rotatable bonds is 3. The number of hydrogen-bond donors (Lipinski definition) is 0. The Bertz CT molecular complexity index is 373. The molecule has 0 aromatic heterocycles. The van der Waals surface area contributed by atoms with Crippen LogP contribution in [-0.4, -0.2) is 6.18 Å². The van der Waals surface area contributed by atoms with Gasteiger partial charge in [0.05, 0.1) is 17.6 Å². The standard InChI is InChI=1S/C12H12F3N/c1-9(12(13,14)15)2-3-10-4-6-11(8-16)7-5-10/h4-7,9H,2-3H2,1H3/t9-/m0/s1. The van der Waals surface area contributed by atoms with Crippen LogP contribution in [0.3, 0.4) is 0 Å². The minimum atomic E-state index is -4.12. The van der Waals surface area contributed by atoms with Gasteiger partial charge in [-0.25, -0.2) is 0 Å². The van der Waals surface area contributed by atoms with Crippen molar-refractivity contribution < 1.29 is 13.2 Å². The highest BCUT2D eigenvalue weighted by Gasteiger charge is 2.35. The Hall–Kier alpha value is -1.50. The molecule has 0 spiro atoms. The molecule has 4 heteroatoms. The summed E-state index contributed by atoms with van der Waals surface area (Å²) in [5.74, 6) is -1.29. The normalized spacial score (nSPS) is 13.2. The molecule has 0 unspecified atom stereocenters. The lowest BCUT2D eigenvalue weighted by atomic mass is 10.00. The van der Waals surface area contributed by atoms with Crippen LogP contribution in [0.15, 0.2) is 24.3 Å². The molecule has 1 nitrogen and oxygen atoms in total. The quantitative estimate of drug-likeness (QED) is 0.772. The Balaban J connectivity index is 2.53. The van der Waals surface area contributed by atoms with Crippen molar-refractivity contribution in [3.05, 3.63) is 35.4 Å². The molecule has 0 aliphatic carbocycles. The highest BCUT2D eigenvalue weighted by atomic mass is 19.4. The van der Waals surface area contributed by atoms with Gasteiger partial charge in [-0.05, 0) is 30.5 Å². The van der Waals surface area contributed by atoms with Gasteiger partial charge in [0.1, 0.15) is 0 Å². The molecule has 0 radical (unpaired) electrons. The average Bonchev–Trinajstić information content (AvgIpc) is 2.25. The summed E-state index contributed by atoms with van der Waals surface area (Å²) in [5, 5.41) is 8.55. The fraction of sp³-hybridized carbons (Fsp3) is 0.417. The fourth-order valence-corrected chi connectivity index (χ4v) is 1.29. The Kier molecular flexibility index (Phi) is 3.94. The molecular formula is C12H12F3N. The molecule has 0 heterocycles. The third kappa shape index (κ3) is 3.58. The van der Waals surface area contributed by atoms with E-state index in [-0.39, 0.29) is 6.42 Å². The van der Waals surface area contributed by atoms with Crippen LogP contribution in [0.25, 0.3) is 0 Å². The Morgan fingerprint density at radius 2 is 1.81 bits per heavy atom. The molecule has 1 rings (SSSR count). The minimum absolute atomic E-state index is 0.0788. The summed E-state index contributed by atoms with van der Waals surface area (Å²) in [6.45, 7) is 1.18. The van der Waals surface area contributed by atoms with Crippen molar-refractivity contribution in [2.75, 3.05) is 0 Å². The van der Waals surface area contributed by atoms with Crippen LogP contribution < -0.4 is 0 Å². The Morgan fingerprint density at radius 1 is 1.25 bits per heavy atom. The van der Waals surface area contributed by atoms with Gasteiger partial charge in [0.2, 0.25) is 0 Å². The van der Waals surface area contributed by atoms with Crippen molar-refractivity contribution in [3.63, 3.8) is 0 Å². The molecule has 1 aromatic rings. The van der Waals surface area contributed by atoms with Crippen molar-refractivity contribution in [1.29, 1.82) is 5.26 Å². The largest absolute Gasteiger partial charge is 0.391 e. The second-order valence-corrected chi connectivity index (χ2v) is 3.79. The molecule has 0 fully saturated rings. The number of aryl methyl sites for hydroxylation is 1. The van der Waals surface area contributed by atoms with E-state index in [4.69, 9.17) is 5.26 Å². The average molecular weight is 227 g/mol. The summed E-state index contributed by atoms with van der Waals surface area (Å²) < 4.78 is 36.7. The van der Waals surface area contributed by atoms with E-state index in [1.807, 2.05) is 6.07 Å². The van der Waals surface area contributed by atoms with Gasteiger partial charge in [-0.1, -0.05) is 19.1 Å². The first-order chi connectivity index (χ1) is 7.43. The predicted molar refractivity (Wildman–Crippen MR) is 54.7 cm³/mol. The van der Waals surface area contributed by atoms with Gasteiger partial charge in [-0.3, -0.25) is 0 Å². The summed E-state index contributed by atoms with van der Waals surface area (Å²) >= 11 is 0. The second kappa shape index (κ2) is 5.02. The number of benzene rings is 1. The van der Waals surface area contributed by atoms with Crippen LogP contribution in [0, 0.1) is 17.2 Å². The van der Waals surface area contributed by atoms with E-state index in [1.165, 1.54) is 6.92 Å². The lowest BCUT2D eigenvalue weighted by molar-refractivity contribution is -0.170. The molecule has 0 N–H and O–H groups in total. The zero-order valence-electron chi connectivity index (χ0n) is 8.88. The van der Waals surface area contributed by atoms with Gasteiger partial charge in [-0.2, -0.15) is 18.4 Å². The maximum atomic E-state index is 12.2. The van der Waals surface area contributed by atoms with Crippen molar-refractivity contribution in [2.24, 2.45) is 5.92 Å². The van der Waals surface area contributed by atoms with Crippen LogP contribution in [0.1, 0.15) is 24.5 Å². The lowest BCUT2D eigenvalue weighted by Crippen LogP contribution is -2.20. The van der Waals surface area contributed by atoms with E-state index in [1.54, 1.807) is 24.3 Å². The number of alkyl halides is 3. The van der Waals surface area contributed by atoms with Crippen molar-refractivity contribution in [2.45, 2.75) is 25.9 Å². The maximum Gasteiger partial charge on any atom is 0.391 e. The number of nitrogens with zero attached hydrogens (tertiary/aromatic N) is 1. The van der Waals surface area contributed by atoms with E-state index < -0.39 is 12.1 Å². The first-order valence-corrected chi connectivity index (χ1v) is 4.99. The molecule has 0 aliphatic heterocycles. The summed E-state index contributed by atoms with van der Waals surface area (Å²) in [6, 6.07) is 8.59. The first-order valence-electron chi connectivity index (χ1n) is 4.99. The van der Waals surface area contributed by atoms with Gasteiger partial charge in [-0.15, -0.1) is 0 Å². The lowest BCUT2D eigenvalue weighted by Gasteiger charge is -2.14. The molecule has 0 amide bonds. The molecule has 1 aromatic carbocycles. The van der Waals surface area contributed by atoms with Crippen molar-refractivity contribution in [3.8, 4) is 6.07 Å². The van der Waals surface area contributed by atoms with Gasteiger partial charge in [0.15, 0.2) is 0 Å². The molecule has 0 saturated carbocycles. The van der Waals surface area contributed by atoms with Crippen LogP contribution in [-0.2, 0) is 6.42 Å². The summed E-state index contributed by atoms with van der Waals surface area (Å²) in [6.07, 6.45) is -3.66. The van der Waals surface area contributed by atoms with Crippen LogP contribution in [0.2, 0.25) is 0 Å². The first kappa shape index (κ1) is 12.6. The van der Waals surface area contributed by atoms with Gasteiger partial charge >= 0.3 is 6.18 Å². The molecule has 1 atom stereocenters. The molecule has 86 valence electrons. The zero-order chi connectivity index (χ0) is 12.2. The number of halogens is 3. The van der Waals surface area contributed by atoms with Crippen molar-refractivity contribution in [1.82, 2.24) is 0 Å². The number of hydrogen-bond acceptors (Lipinski definition) is 1. The van der Waals surface area contributed by atoms with Crippen LogP contribution in [0.4, 0.5) is 13.2 Å². The summed E-state index contributed by atoms with van der Waals surface area (Å²) in [7, 11) is 0. The van der Waals surface area contributed by atoms with Gasteiger partial charge < -0.3 is 0 Å². The molecule has 0 bridgehead atoms. The van der Waals surface area contributed by atoms with Crippen LogP contribution in [0.5, 0.6) is 0 Å². The van der Waals surface area contributed by atoms with E-state index in [0.29, 0.717) is 12.0 Å². The van der Waals surface area contributed by atoms with E-state index in [0.717, 1.165) is 5.56 Å². The monoisotopic (exact) mass is 227 g/mol. The molecular weight excluding hydrogens is 215 g/mol. The Labute approximate surface area is 92.5 Å². The van der Waals surface area contributed by atoms with Crippen LogP contribution >= 0.6 is 0 Å². The third-order valence-corrected chi connectivity index (χ3v) is 2.51. The fourth-order valence-electron chi connectivity index (χ4n) is 1.29. The predicted octanol–water partition coefficient (Wildman–Crippen LogP) is 3.69. The smallest absolute Gasteiger partial charge is 0.192 e. The third-order valence-electron chi connectivity index (χ3n) is 2.51. The second-order valence-electron chi connectivity index (χ2n) is 3.79. The minimum Gasteiger partial charge on any atom is -0.192 e. The molecule has 16 heavy (non-hydrogen) atoms. The highest BCUT2D eigenvalue weighted by molar-refractivity contribution is 5.31. The van der Waals surface area contributed by atoms with Gasteiger partial charge in [0.25, 0.3) is 0 Å². The number of nitriles is 1. The summed E-state index contributed by atoms with van der Waals surface area (Å²) in [5.41, 5.74) is 1.35. The molecule has 0 aliphatic rings. The maximum absolute atomic E-state index is 12.2. The van der Waals surface area contributed by atoms with E-state index >= 15 is 0 Å². The Morgan fingerprint density at radius 3 is 2.25 bits per heavy atom. The van der Waals surface area contributed by atoms with E-state index in [9.17, 15) is 13.2 Å². The topological polar surface area (TPSA) is 23.8 Å². The highest BCUT2D eigenvalue weighted by Crippen LogP contribution is 2.29. The van der Waals surface area contributed by atoms with Crippen molar-refractivity contribution >= 4 is 0 Å². The summed E-state index contributed by atoms with van der Waals surface area (Å²) in [4.78, 5) is 0.